The second-order valence-corrected chi connectivity index (χ2v) is 10.3. The van der Waals surface area contributed by atoms with Gasteiger partial charge in [0.15, 0.2) is 11.9 Å². The molecule has 2 fully saturated rings. The first kappa shape index (κ1) is 24.4. The molecular formula is C19H31N5O8P+. The van der Waals surface area contributed by atoms with Crippen molar-refractivity contribution in [1.29, 1.82) is 0 Å². The topological polar surface area (TPSA) is 173 Å². The fraction of sp³-hybridized carbons (Fsp3) is 0.737. The molecule has 0 aromatic carbocycles. The molecule has 2 aromatic rings. The van der Waals surface area contributed by atoms with Crippen LogP contribution in [0.5, 0.6) is 6.01 Å². The van der Waals surface area contributed by atoms with Crippen LogP contribution >= 0.6 is 7.94 Å². The lowest BCUT2D eigenvalue weighted by Crippen LogP contribution is -2.23. The lowest BCUT2D eigenvalue weighted by atomic mass is 10.2. The number of rotatable bonds is 11. The number of nitrogens with one attached hydrogen (secondary N) is 1. The van der Waals surface area contributed by atoms with E-state index in [-0.39, 0.29) is 31.9 Å². The van der Waals surface area contributed by atoms with E-state index in [4.69, 9.17) is 24.6 Å². The van der Waals surface area contributed by atoms with Gasteiger partial charge in [-0.15, -0.1) is 0 Å². The molecule has 0 radical (unpaired) electrons. The van der Waals surface area contributed by atoms with Gasteiger partial charge in [0.2, 0.25) is 5.85 Å². The summed E-state index contributed by atoms with van der Waals surface area (Å²) in [5.74, 6) is -0.438. The maximum Gasteiger partial charge on any atom is 0.475 e. The van der Waals surface area contributed by atoms with Crippen molar-refractivity contribution in [3.05, 3.63) is 6.20 Å². The van der Waals surface area contributed by atoms with E-state index >= 15 is 0 Å². The summed E-state index contributed by atoms with van der Waals surface area (Å²) in [5, 5.41) is 26.4. The Morgan fingerprint density at radius 2 is 2.03 bits per heavy atom. The monoisotopic (exact) mass is 488 g/mol. The Kier molecular flexibility index (Phi) is 7.92. The highest BCUT2D eigenvalue weighted by Gasteiger charge is 2.46. The molecule has 2 aliphatic rings. The van der Waals surface area contributed by atoms with Gasteiger partial charge < -0.3 is 24.6 Å². The number of nitrogens with zero attached hydrogens (tertiary/aromatic N) is 4. The maximum atomic E-state index is 9.57. The first-order chi connectivity index (χ1) is 15.9. The van der Waals surface area contributed by atoms with E-state index in [1.807, 2.05) is 0 Å². The van der Waals surface area contributed by atoms with Crippen LogP contribution in [0.15, 0.2) is 6.20 Å². The second-order valence-electron chi connectivity index (χ2n) is 8.27. The Hall–Kier alpha value is -1.70. The lowest BCUT2D eigenvalue weighted by Gasteiger charge is -2.18. The average Bonchev–Trinajstić information content (AvgIpc) is 3.56. The highest BCUT2D eigenvalue weighted by Crippen LogP contribution is 2.55. The fourth-order valence-corrected chi connectivity index (χ4v) is 4.50. The number of aliphatic hydroxyl groups is 1. The molecule has 33 heavy (non-hydrogen) atoms. The van der Waals surface area contributed by atoms with E-state index in [2.05, 4.69) is 25.1 Å². The van der Waals surface area contributed by atoms with Gasteiger partial charge in [-0.1, -0.05) is 12.8 Å². The SMILES string of the molecule is CC(OCC1CCC(n2ncc3c(NC4CCCC4)nc(OCCO)nc32)O1)[P+](O)(O)OO. The first-order valence-corrected chi connectivity index (χ1v) is 12.8. The van der Waals surface area contributed by atoms with Gasteiger partial charge in [0, 0.05) is 13.0 Å². The van der Waals surface area contributed by atoms with Crippen LogP contribution in [0, 0.1) is 0 Å². The van der Waals surface area contributed by atoms with E-state index in [1.165, 1.54) is 19.8 Å². The van der Waals surface area contributed by atoms with Crippen LogP contribution in [-0.4, -0.2) is 77.7 Å². The normalized spacial score (nSPS) is 22.8. The number of fused-ring (bicyclic) bond motifs is 1. The van der Waals surface area contributed by atoms with Gasteiger partial charge in [-0.25, -0.2) is 9.94 Å². The molecule has 4 rings (SSSR count). The summed E-state index contributed by atoms with van der Waals surface area (Å²) in [6.45, 7) is 1.43. The van der Waals surface area contributed by atoms with E-state index in [0.29, 0.717) is 30.3 Å². The molecule has 1 saturated heterocycles. The number of aromatic nitrogens is 4. The third kappa shape index (κ3) is 5.69. The first-order valence-electron chi connectivity index (χ1n) is 11.1. The van der Waals surface area contributed by atoms with Crippen LogP contribution in [0.25, 0.3) is 11.0 Å². The lowest BCUT2D eigenvalue weighted by molar-refractivity contribution is -0.163. The quantitative estimate of drug-likeness (QED) is 0.177. The van der Waals surface area contributed by atoms with Gasteiger partial charge in [-0.2, -0.15) is 24.9 Å². The number of anilines is 1. The van der Waals surface area contributed by atoms with Gasteiger partial charge in [0.1, 0.15) is 12.4 Å². The minimum Gasteiger partial charge on any atom is -0.461 e. The van der Waals surface area contributed by atoms with E-state index in [9.17, 15) is 9.79 Å². The van der Waals surface area contributed by atoms with Gasteiger partial charge in [-0.3, -0.25) is 0 Å². The molecule has 3 unspecified atom stereocenters. The van der Waals surface area contributed by atoms with E-state index in [1.54, 1.807) is 10.9 Å². The third-order valence-electron chi connectivity index (χ3n) is 5.93. The molecular weight excluding hydrogens is 457 g/mol. The zero-order valence-corrected chi connectivity index (χ0v) is 19.3. The van der Waals surface area contributed by atoms with Crippen molar-refractivity contribution < 1.29 is 39.0 Å². The zero-order valence-electron chi connectivity index (χ0n) is 18.4. The van der Waals surface area contributed by atoms with Crippen molar-refractivity contribution >= 4 is 24.8 Å². The van der Waals surface area contributed by atoms with Crippen molar-refractivity contribution in [2.45, 2.75) is 69.7 Å². The Morgan fingerprint density at radius 3 is 2.76 bits per heavy atom. The fourth-order valence-electron chi connectivity index (χ4n) is 4.09. The van der Waals surface area contributed by atoms with Crippen molar-refractivity contribution in [3.63, 3.8) is 0 Å². The van der Waals surface area contributed by atoms with Crippen molar-refractivity contribution in [1.82, 2.24) is 19.7 Å². The van der Waals surface area contributed by atoms with Crippen LogP contribution in [0.4, 0.5) is 5.82 Å². The minimum absolute atomic E-state index is 0.0808. The standard InChI is InChI=1S/C19H30N5O8P/c1-12(33(27,28)32-26)30-11-14-6-7-16(31-14)24-18-15(10-20-24)17(21-13-4-2-3-5-13)22-19(23-18)29-9-8-25/h10,12-14,16,25,27-28H,2-9,11H2,1H3,(H-,21,22,23,26)/p+1. The van der Waals surface area contributed by atoms with E-state index < -0.39 is 20.0 Å². The Balaban J connectivity index is 1.49. The van der Waals surface area contributed by atoms with Crippen molar-refractivity contribution in [2.75, 3.05) is 25.1 Å². The van der Waals surface area contributed by atoms with Crippen molar-refractivity contribution in [2.24, 2.45) is 0 Å². The Morgan fingerprint density at radius 1 is 1.24 bits per heavy atom. The molecule has 0 spiro atoms. The molecule has 0 bridgehead atoms. The summed E-state index contributed by atoms with van der Waals surface area (Å²) in [7, 11) is -4.00. The largest absolute Gasteiger partial charge is 0.475 e. The summed E-state index contributed by atoms with van der Waals surface area (Å²) >= 11 is 0. The minimum atomic E-state index is -4.00. The van der Waals surface area contributed by atoms with Crippen LogP contribution in [0.3, 0.4) is 0 Å². The molecule has 2 aromatic heterocycles. The highest BCUT2D eigenvalue weighted by molar-refractivity contribution is 7.60. The molecule has 1 aliphatic heterocycles. The summed E-state index contributed by atoms with van der Waals surface area (Å²) < 4.78 is 22.4. The predicted octanol–water partition coefficient (Wildman–Crippen LogP) is 1.83. The summed E-state index contributed by atoms with van der Waals surface area (Å²) in [4.78, 5) is 28.1. The zero-order chi connectivity index (χ0) is 23.4. The van der Waals surface area contributed by atoms with Crippen LogP contribution in [-0.2, 0) is 14.1 Å². The molecule has 3 atom stereocenters. The molecule has 13 nitrogen and oxygen atoms in total. The highest BCUT2D eigenvalue weighted by atomic mass is 31.2. The third-order valence-corrected chi connectivity index (χ3v) is 7.26. The summed E-state index contributed by atoms with van der Waals surface area (Å²) in [6, 6.07) is 0.486. The molecule has 3 heterocycles. The molecule has 1 aliphatic carbocycles. The number of aliphatic hydroxyl groups excluding tert-OH is 1. The molecule has 1 saturated carbocycles. The predicted molar refractivity (Wildman–Crippen MR) is 117 cm³/mol. The molecule has 5 N–H and O–H groups in total. The van der Waals surface area contributed by atoms with Gasteiger partial charge in [0.25, 0.3) is 0 Å². The van der Waals surface area contributed by atoms with Gasteiger partial charge in [-0.05, 0) is 30.4 Å². The summed E-state index contributed by atoms with van der Waals surface area (Å²) in [6.07, 6.45) is 6.81. The average molecular weight is 488 g/mol. The van der Waals surface area contributed by atoms with E-state index in [0.717, 1.165) is 18.2 Å². The van der Waals surface area contributed by atoms with Crippen LogP contribution in [0.1, 0.15) is 51.7 Å². The maximum absolute atomic E-state index is 9.57. The van der Waals surface area contributed by atoms with Crippen LogP contribution in [0.2, 0.25) is 0 Å². The number of ether oxygens (including phenoxy) is 3. The van der Waals surface area contributed by atoms with Crippen molar-refractivity contribution in [3.8, 4) is 6.01 Å². The van der Waals surface area contributed by atoms with Crippen LogP contribution < -0.4 is 10.1 Å². The van der Waals surface area contributed by atoms with Gasteiger partial charge in [0.05, 0.1) is 30.9 Å². The summed E-state index contributed by atoms with van der Waals surface area (Å²) in [5.41, 5.74) is 0.558. The number of hydrogen-bond acceptors (Lipinski definition) is 12. The second kappa shape index (κ2) is 10.7. The smallest absolute Gasteiger partial charge is 0.461 e. The van der Waals surface area contributed by atoms with Gasteiger partial charge >= 0.3 is 14.0 Å². The number of hydrogen-bond donors (Lipinski definition) is 5. The Bertz CT molecular complexity index is 925. The Labute approximate surface area is 191 Å². The molecule has 0 amide bonds. The molecule has 14 heteroatoms. The molecule has 184 valence electrons.